The van der Waals surface area contributed by atoms with E-state index in [4.69, 9.17) is 4.42 Å². The highest BCUT2D eigenvalue weighted by molar-refractivity contribution is 7.27. The van der Waals surface area contributed by atoms with E-state index in [1.807, 2.05) is 36.6 Å². The zero-order chi connectivity index (χ0) is 13.5. The first kappa shape index (κ1) is 12.1. The SMILES string of the molecule is CNC(c1cc2ccccc2o1)c1cc2sccc2s1. The first-order chi connectivity index (χ1) is 9.85. The summed E-state index contributed by atoms with van der Waals surface area (Å²) < 4.78 is 8.69. The first-order valence-electron chi connectivity index (χ1n) is 6.48. The van der Waals surface area contributed by atoms with E-state index in [9.17, 15) is 0 Å². The molecule has 0 aliphatic rings. The lowest BCUT2D eigenvalue weighted by atomic mass is 10.1. The Morgan fingerprint density at radius 1 is 1.10 bits per heavy atom. The van der Waals surface area contributed by atoms with E-state index in [-0.39, 0.29) is 6.04 Å². The summed E-state index contributed by atoms with van der Waals surface area (Å²) in [5.41, 5.74) is 0.945. The van der Waals surface area contributed by atoms with Crippen LogP contribution in [0.25, 0.3) is 20.4 Å². The largest absolute Gasteiger partial charge is 0.459 e. The molecule has 0 radical (unpaired) electrons. The summed E-state index contributed by atoms with van der Waals surface area (Å²) >= 11 is 3.62. The molecular weight excluding hydrogens is 286 g/mol. The number of furan rings is 1. The van der Waals surface area contributed by atoms with Gasteiger partial charge in [-0.25, -0.2) is 0 Å². The average molecular weight is 299 g/mol. The number of hydrogen-bond acceptors (Lipinski definition) is 4. The molecule has 0 saturated heterocycles. The number of hydrogen-bond donors (Lipinski definition) is 1. The average Bonchev–Trinajstić information content (AvgIpc) is 3.12. The van der Waals surface area contributed by atoms with Crippen molar-refractivity contribution in [1.82, 2.24) is 5.32 Å². The third kappa shape index (κ3) is 1.88. The minimum Gasteiger partial charge on any atom is -0.459 e. The van der Waals surface area contributed by atoms with Crippen molar-refractivity contribution < 1.29 is 4.42 Å². The summed E-state index contributed by atoms with van der Waals surface area (Å²) in [7, 11) is 1.98. The smallest absolute Gasteiger partial charge is 0.134 e. The van der Waals surface area contributed by atoms with E-state index in [1.54, 1.807) is 11.3 Å². The van der Waals surface area contributed by atoms with E-state index in [0.29, 0.717) is 0 Å². The maximum Gasteiger partial charge on any atom is 0.134 e. The summed E-state index contributed by atoms with van der Waals surface area (Å²) in [5, 5.41) is 6.66. The molecule has 0 amide bonds. The summed E-state index contributed by atoms with van der Waals surface area (Å²) in [6.07, 6.45) is 0. The Kier molecular flexibility index (Phi) is 2.88. The van der Waals surface area contributed by atoms with Gasteiger partial charge in [-0.3, -0.25) is 0 Å². The van der Waals surface area contributed by atoms with Crippen molar-refractivity contribution in [1.29, 1.82) is 0 Å². The molecule has 1 atom stereocenters. The van der Waals surface area contributed by atoms with Crippen molar-refractivity contribution in [3.8, 4) is 0 Å². The highest BCUT2D eigenvalue weighted by Gasteiger charge is 2.19. The van der Waals surface area contributed by atoms with Gasteiger partial charge in [-0.15, -0.1) is 22.7 Å². The first-order valence-corrected chi connectivity index (χ1v) is 8.17. The van der Waals surface area contributed by atoms with Crippen LogP contribution in [0.2, 0.25) is 0 Å². The van der Waals surface area contributed by atoms with Gasteiger partial charge in [0.25, 0.3) is 0 Å². The van der Waals surface area contributed by atoms with Gasteiger partial charge in [-0.2, -0.15) is 0 Å². The van der Waals surface area contributed by atoms with Gasteiger partial charge in [-0.1, -0.05) is 18.2 Å². The molecule has 0 spiro atoms. The number of fused-ring (bicyclic) bond motifs is 2. The molecule has 0 fully saturated rings. The fourth-order valence-corrected chi connectivity index (χ4v) is 4.73. The molecule has 0 aliphatic heterocycles. The van der Waals surface area contributed by atoms with Gasteiger partial charge >= 0.3 is 0 Å². The summed E-state index contributed by atoms with van der Waals surface area (Å²) in [6.45, 7) is 0. The minimum atomic E-state index is 0.118. The van der Waals surface area contributed by atoms with Gasteiger partial charge in [0.2, 0.25) is 0 Å². The van der Waals surface area contributed by atoms with Crippen LogP contribution in [-0.2, 0) is 0 Å². The lowest BCUT2D eigenvalue weighted by Gasteiger charge is -2.10. The lowest BCUT2D eigenvalue weighted by molar-refractivity contribution is 0.495. The molecule has 3 heterocycles. The maximum atomic E-state index is 6.00. The molecule has 0 saturated carbocycles. The Morgan fingerprint density at radius 2 is 2.00 bits per heavy atom. The zero-order valence-corrected chi connectivity index (χ0v) is 12.6. The van der Waals surface area contributed by atoms with Crippen molar-refractivity contribution >= 4 is 43.0 Å². The number of thiophene rings is 2. The van der Waals surface area contributed by atoms with E-state index >= 15 is 0 Å². The second-order valence-electron chi connectivity index (χ2n) is 4.71. The minimum absolute atomic E-state index is 0.118. The van der Waals surface area contributed by atoms with Gasteiger partial charge in [0, 0.05) is 19.7 Å². The van der Waals surface area contributed by atoms with Gasteiger partial charge in [0.1, 0.15) is 17.4 Å². The number of rotatable bonds is 3. The van der Waals surface area contributed by atoms with Crippen molar-refractivity contribution in [2.45, 2.75) is 6.04 Å². The Balaban J connectivity index is 1.82. The number of nitrogens with one attached hydrogen (secondary N) is 1. The summed E-state index contributed by atoms with van der Waals surface area (Å²) in [5.74, 6) is 0.975. The quantitative estimate of drug-likeness (QED) is 0.575. The molecular formula is C16H13NOS2. The van der Waals surface area contributed by atoms with Crippen LogP contribution >= 0.6 is 22.7 Å². The topological polar surface area (TPSA) is 25.2 Å². The predicted molar refractivity (Wildman–Crippen MR) is 86.8 cm³/mol. The lowest BCUT2D eigenvalue weighted by Crippen LogP contribution is -2.15. The van der Waals surface area contributed by atoms with Crippen LogP contribution in [0.5, 0.6) is 0 Å². The fourth-order valence-electron chi connectivity index (χ4n) is 2.50. The van der Waals surface area contributed by atoms with E-state index in [2.05, 4.69) is 35.0 Å². The molecule has 0 bridgehead atoms. The Hall–Kier alpha value is -1.62. The molecule has 2 nitrogen and oxygen atoms in total. The van der Waals surface area contributed by atoms with Crippen LogP contribution in [0, 0.1) is 0 Å². The molecule has 1 unspecified atom stereocenters. The van der Waals surface area contributed by atoms with Crippen LogP contribution in [0.1, 0.15) is 16.7 Å². The molecule has 1 N–H and O–H groups in total. The highest BCUT2D eigenvalue weighted by atomic mass is 32.1. The van der Waals surface area contributed by atoms with Crippen molar-refractivity contribution in [2.75, 3.05) is 7.05 Å². The number of para-hydroxylation sites is 1. The van der Waals surface area contributed by atoms with Gasteiger partial charge in [0.05, 0.1) is 0 Å². The Labute approximate surface area is 124 Å². The van der Waals surface area contributed by atoms with Gasteiger partial charge in [-0.05, 0) is 36.7 Å². The second kappa shape index (κ2) is 4.74. The third-order valence-corrected chi connectivity index (χ3v) is 5.62. The van der Waals surface area contributed by atoms with Gasteiger partial charge in [0.15, 0.2) is 0 Å². The highest BCUT2D eigenvalue weighted by Crippen LogP contribution is 2.37. The van der Waals surface area contributed by atoms with Crippen LogP contribution in [-0.4, -0.2) is 7.05 Å². The molecule has 4 aromatic rings. The fraction of sp³-hybridized carbons (Fsp3) is 0.125. The summed E-state index contributed by atoms with van der Waals surface area (Å²) in [6, 6.07) is 14.8. The van der Waals surface area contributed by atoms with E-state index < -0.39 is 0 Å². The van der Waals surface area contributed by atoms with Crippen LogP contribution in [0.3, 0.4) is 0 Å². The van der Waals surface area contributed by atoms with Crippen LogP contribution in [0.4, 0.5) is 0 Å². The second-order valence-corrected chi connectivity index (χ2v) is 6.77. The van der Waals surface area contributed by atoms with Gasteiger partial charge < -0.3 is 9.73 Å². The number of benzene rings is 1. The Morgan fingerprint density at radius 3 is 2.80 bits per heavy atom. The molecule has 1 aromatic carbocycles. The van der Waals surface area contributed by atoms with Crippen molar-refractivity contribution in [2.24, 2.45) is 0 Å². The summed E-state index contributed by atoms with van der Waals surface area (Å²) in [4.78, 5) is 1.30. The molecule has 4 heteroatoms. The molecule has 0 aliphatic carbocycles. The van der Waals surface area contributed by atoms with E-state index in [0.717, 1.165) is 16.7 Å². The molecule has 4 rings (SSSR count). The zero-order valence-electron chi connectivity index (χ0n) is 10.9. The monoisotopic (exact) mass is 299 g/mol. The molecule has 100 valence electrons. The van der Waals surface area contributed by atoms with E-state index in [1.165, 1.54) is 14.3 Å². The van der Waals surface area contributed by atoms with Crippen molar-refractivity contribution in [3.05, 3.63) is 58.5 Å². The van der Waals surface area contributed by atoms with Crippen molar-refractivity contribution in [3.63, 3.8) is 0 Å². The van der Waals surface area contributed by atoms with Crippen LogP contribution < -0.4 is 5.32 Å². The predicted octanol–water partition coefficient (Wildman–Crippen LogP) is 5.02. The standard InChI is InChI=1S/C16H13NOS2/c1-17-16(15-9-14-13(20-15)6-7-19-14)12-8-10-4-2-3-5-11(10)18-12/h2-9,16-17H,1H3. The Bertz CT molecular complexity index is 809. The normalized spacial score (nSPS) is 13.2. The third-order valence-electron chi connectivity index (χ3n) is 3.46. The molecule has 3 aromatic heterocycles. The maximum absolute atomic E-state index is 6.00. The molecule has 20 heavy (non-hydrogen) atoms. The van der Waals surface area contributed by atoms with Crippen LogP contribution in [0.15, 0.2) is 52.3 Å².